The lowest BCUT2D eigenvalue weighted by atomic mass is 9.82. The third-order valence-electron chi connectivity index (χ3n) is 3.56. The number of carboxylic acid groups (broad SMARTS) is 1. The van der Waals surface area contributed by atoms with Crippen LogP contribution in [0.25, 0.3) is 11.0 Å². The maximum absolute atomic E-state index is 11.3. The van der Waals surface area contributed by atoms with Gasteiger partial charge in [-0.15, -0.1) is 0 Å². The molecule has 2 aromatic rings. The van der Waals surface area contributed by atoms with Gasteiger partial charge in [0.2, 0.25) is 0 Å². The summed E-state index contributed by atoms with van der Waals surface area (Å²) < 4.78 is 0. The largest absolute Gasteiger partial charge is 0.481 e. The molecule has 98 valence electrons. The van der Waals surface area contributed by atoms with Gasteiger partial charge < -0.3 is 10.1 Å². The number of halogens is 1. The van der Waals surface area contributed by atoms with Gasteiger partial charge in [0.25, 0.3) is 0 Å². The number of imidazole rings is 1. The van der Waals surface area contributed by atoms with Crippen LogP contribution in [0, 0.1) is 5.92 Å². The molecule has 0 saturated carbocycles. The molecule has 0 fully saturated rings. The minimum Gasteiger partial charge on any atom is -0.481 e. The lowest BCUT2D eigenvalue weighted by Gasteiger charge is -2.23. The maximum Gasteiger partial charge on any atom is 0.307 e. The van der Waals surface area contributed by atoms with Crippen molar-refractivity contribution < 1.29 is 9.90 Å². The molecule has 1 aromatic carbocycles. The van der Waals surface area contributed by atoms with Crippen LogP contribution < -0.4 is 0 Å². The zero-order valence-corrected chi connectivity index (χ0v) is 10.9. The quantitative estimate of drug-likeness (QED) is 0.827. The standard InChI is InChI=1S/C14H13ClN2O2/c15-8-5-6-11-12(7-8)17-13(16-11)9-3-1-2-4-10(9)14(18)19/h1-2,5-7,9-10H,3-4H2,(H,16,17)(H,18,19). The normalized spacial score (nSPS) is 22.8. The average Bonchev–Trinajstić information content (AvgIpc) is 2.81. The summed E-state index contributed by atoms with van der Waals surface area (Å²) in [5.41, 5.74) is 1.67. The van der Waals surface area contributed by atoms with Crippen LogP contribution in [0.5, 0.6) is 0 Å². The molecule has 1 heterocycles. The molecule has 3 rings (SSSR count). The minimum absolute atomic E-state index is 0.103. The Hall–Kier alpha value is -1.81. The van der Waals surface area contributed by atoms with Crippen LogP contribution in [-0.2, 0) is 4.79 Å². The highest BCUT2D eigenvalue weighted by Crippen LogP contribution is 2.34. The minimum atomic E-state index is -0.771. The van der Waals surface area contributed by atoms with Gasteiger partial charge in [-0.1, -0.05) is 23.8 Å². The van der Waals surface area contributed by atoms with Gasteiger partial charge in [0.05, 0.1) is 17.0 Å². The SMILES string of the molecule is O=C(O)C1CC=CCC1c1nc2ccc(Cl)cc2[nH]1. The smallest absolute Gasteiger partial charge is 0.307 e. The molecule has 0 saturated heterocycles. The van der Waals surface area contributed by atoms with Gasteiger partial charge in [-0.05, 0) is 31.0 Å². The summed E-state index contributed by atoms with van der Waals surface area (Å²) in [5, 5.41) is 9.93. The number of aromatic amines is 1. The fourth-order valence-corrected chi connectivity index (χ4v) is 2.74. The first kappa shape index (κ1) is 12.2. The van der Waals surface area contributed by atoms with E-state index < -0.39 is 11.9 Å². The summed E-state index contributed by atoms with van der Waals surface area (Å²) >= 11 is 5.94. The number of nitrogens with zero attached hydrogens (tertiary/aromatic N) is 1. The Balaban J connectivity index is 2.02. The fraction of sp³-hybridized carbons (Fsp3) is 0.286. The second-order valence-corrected chi connectivity index (χ2v) is 5.21. The van der Waals surface area contributed by atoms with Gasteiger partial charge >= 0.3 is 5.97 Å². The van der Waals surface area contributed by atoms with Crippen molar-refractivity contribution in [2.45, 2.75) is 18.8 Å². The number of benzene rings is 1. The number of carboxylic acids is 1. The molecule has 0 bridgehead atoms. The molecule has 5 heteroatoms. The fourth-order valence-electron chi connectivity index (χ4n) is 2.57. The zero-order chi connectivity index (χ0) is 13.4. The summed E-state index contributed by atoms with van der Waals surface area (Å²) in [6, 6.07) is 5.43. The summed E-state index contributed by atoms with van der Waals surface area (Å²) in [4.78, 5) is 19.0. The van der Waals surface area contributed by atoms with Crippen molar-refractivity contribution in [3.63, 3.8) is 0 Å². The van der Waals surface area contributed by atoms with E-state index in [0.29, 0.717) is 17.9 Å². The maximum atomic E-state index is 11.3. The van der Waals surface area contributed by atoms with Gasteiger partial charge in [0.15, 0.2) is 0 Å². The molecule has 4 nitrogen and oxygen atoms in total. The molecule has 0 radical (unpaired) electrons. The number of nitrogens with one attached hydrogen (secondary N) is 1. The van der Waals surface area contributed by atoms with Gasteiger partial charge in [-0.25, -0.2) is 4.98 Å². The van der Waals surface area contributed by atoms with Gasteiger partial charge in [0, 0.05) is 10.9 Å². The molecule has 2 N–H and O–H groups in total. The summed E-state index contributed by atoms with van der Waals surface area (Å²) in [6.45, 7) is 0. The first-order valence-corrected chi connectivity index (χ1v) is 6.56. The zero-order valence-electron chi connectivity index (χ0n) is 10.1. The second kappa shape index (κ2) is 4.70. The molecular formula is C14H13ClN2O2. The van der Waals surface area contributed by atoms with Crippen molar-refractivity contribution in [3.05, 3.63) is 41.2 Å². The van der Waals surface area contributed by atoms with E-state index in [-0.39, 0.29) is 5.92 Å². The Morgan fingerprint density at radius 2 is 2.16 bits per heavy atom. The Kier molecular flexibility index (Phi) is 3.03. The molecule has 1 aromatic heterocycles. The van der Waals surface area contributed by atoms with Crippen molar-refractivity contribution in [1.29, 1.82) is 0 Å². The van der Waals surface area contributed by atoms with E-state index in [1.54, 1.807) is 6.07 Å². The lowest BCUT2D eigenvalue weighted by molar-refractivity contribution is -0.142. The molecule has 1 aliphatic carbocycles. The molecule has 0 amide bonds. The third kappa shape index (κ3) is 2.24. The Labute approximate surface area is 115 Å². The number of hydrogen-bond acceptors (Lipinski definition) is 2. The number of carbonyl (C=O) groups is 1. The van der Waals surface area contributed by atoms with E-state index in [4.69, 9.17) is 11.6 Å². The van der Waals surface area contributed by atoms with Gasteiger partial charge in [0.1, 0.15) is 5.82 Å². The highest BCUT2D eigenvalue weighted by Gasteiger charge is 2.31. The monoisotopic (exact) mass is 276 g/mol. The summed E-state index contributed by atoms with van der Waals surface area (Å²) in [7, 11) is 0. The molecular weight excluding hydrogens is 264 g/mol. The van der Waals surface area contributed by atoms with E-state index >= 15 is 0 Å². The molecule has 2 unspecified atom stereocenters. The van der Waals surface area contributed by atoms with E-state index in [1.165, 1.54) is 0 Å². The molecule has 19 heavy (non-hydrogen) atoms. The molecule has 0 spiro atoms. The highest BCUT2D eigenvalue weighted by molar-refractivity contribution is 6.31. The van der Waals surface area contributed by atoms with Crippen LogP contribution in [0.3, 0.4) is 0 Å². The molecule has 1 aliphatic rings. The van der Waals surface area contributed by atoms with E-state index in [0.717, 1.165) is 16.9 Å². The first-order valence-electron chi connectivity index (χ1n) is 6.18. The van der Waals surface area contributed by atoms with Gasteiger partial charge in [-0.3, -0.25) is 4.79 Å². The number of aromatic nitrogens is 2. The van der Waals surface area contributed by atoms with Crippen LogP contribution in [0.1, 0.15) is 24.6 Å². The number of allylic oxidation sites excluding steroid dienone is 2. The van der Waals surface area contributed by atoms with Crippen LogP contribution in [0.4, 0.5) is 0 Å². The predicted molar refractivity (Wildman–Crippen MR) is 73.3 cm³/mol. The number of H-pyrrole nitrogens is 1. The Morgan fingerprint density at radius 3 is 2.95 bits per heavy atom. The van der Waals surface area contributed by atoms with E-state index in [9.17, 15) is 9.90 Å². The lowest BCUT2D eigenvalue weighted by Crippen LogP contribution is -2.24. The van der Waals surface area contributed by atoms with Crippen molar-refractivity contribution in [1.82, 2.24) is 9.97 Å². The van der Waals surface area contributed by atoms with Crippen molar-refractivity contribution in [3.8, 4) is 0 Å². The summed E-state index contributed by atoms with van der Waals surface area (Å²) in [5.74, 6) is -0.559. The van der Waals surface area contributed by atoms with Crippen LogP contribution >= 0.6 is 11.6 Å². The predicted octanol–water partition coefficient (Wildman–Crippen LogP) is 3.35. The van der Waals surface area contributed by atoms with Crippen LogP contribution in [-0.4, -0.2) is 21.0 Å². The third-order valence-corrected chi connectivity index (χ3v) is 3.80. The van der Waals surface area contributed by atoms with Crippen molar-refractivity contribution >= 4 is 28.6 Å². The molecule has 2 atom stereocenters. The highest BCUT2D eigenvalue weighted by atomic mass is 35.5. The Bertz CT molecular complexity index is 663. The van der Waals surface area contributed by atoms with Crippen molar-refractivity contribution in [2.75, 3.05) is 0 Å². The van der Waals surface area contributed by atoms with E-state index in [2.05, 4.69) is 9.97 Å². The molecule has 0 aliphatic heterocycles. The Morgan fingerprint density at radius 1 is 1.37 bits per heavy atom. The van der Waals surface area contributed by atoms with Gasteiger partial charge in [-0.2, -0.15) is 0 Å². The summed E-state index contributed by atoms with van der Waals surface area (Å²) in [6.07, 6.45) is 5.20. The van der Waals surface area contributed by atoms with E-state index in [1.807, 2.05) is 24.3 Å². The number of hydrogen-bond donors (Lipinski definition) is 2. The van der Waals surface area contributed by atoms with Crippen molar-refractivity contribution in [2.24, 2.45) is 5.92 Å². The number of fused-ring (bicyclic) bond motifs is 1. The number of aliphatic carboxylic acids is 1. The number of rotatable bonds is 2. The van der Waals surface area contributed by atoms with Crippen LogP contribution in [0.2, 0.25) is 5.02 Å². The first-order chi connectivity index (χ1) is 9.15. The average molecular weight is 277 g/mol. The van der Waals surface area contributed by atoms with Crippen LogP contribution in [0.15, 0.2) is 30.4 Å². The second-order valence-electron chi connectivity index (χ2n) is 4.78. The topological polar surface area (TPSA) is 66.0 Å².